The zero-order chi connectivity index (χ0) is 17.7. The average molecular weight is 327 g/mol. The number of nitrogens with one attached hydrogen (secondary N) is 1. The molecular weight excluding hydrogens is 306 g/mol. The first-order valence-electron chi connectivity index (χ1n) is 7.73. The van der Waals surface area contributed by atoms with Crippen molar-refractivity contribution in [3.05, 3.63) is 59.2 Å². The van der Waals surface area contributed by atoms with Crippen LogP contribution in [0.4, 0.5) is 5.69 Å². The maximum atomic E-state index is 12.1. The first kappa shape index (κ1) is 17.5. The van der Waals surface area contributed by atoms with E-state index in [9.17, 15) is 9.59 Å². The Balaban J connectivity index is 2.00. The zero-order valence-corrected chi connectivity index (χ0v) is 14.0. The molecular formula is C19H21NO4. The van der Waals surface area contributed by atoms with Gasteiger partial charge in [0.1, 0.15) is 5.75 Å². The molecule has 0 radical (unpaired) electrons. The molecule has 0 unspecified atom stereocenters. The lowest BCUT2D eigenvalue weighted by Gasteiger charge is -2.12. The van der Waals surface area contributed by atoms with E-state index in [1.807, 2.05) is 18.2 Å². The van der Waals surface area contributed by atoms with E-state index < -0.39 is 5.97 Å². The van der Waals surface area contributed by atoms with Crippen LogP contribution in [0.15, 0.2) is 42.5 Å². The normalized spacial score (nSPS) is 10.5. The second-order valence-electron chi connectivity index (χ2n) is 5.90. The van der Waals surface area contributed by atoms with Crippen LogP contribution in [0.25, 0.3) is 0 Å². The minimum atomic E-state index is -1.03. The topological polar surface area (TPSA) is 75.6 Å². The van der Waals surface area contributed by atoms with Crippen LogP contribution in [0, 0.1) is 6.92 Å². The van der Waals surface area contributed by atoms with Crippen LogP contribution in [0.1, 0.15) is 41.3 Å². The SMILES string of the molecule is Cc1ccc(C(=O)O)cc1NC(=O)COc1cccc(C(C)C)c1. The highest BCUT2D eigenvalue weighted by Crippen LogP contribution is 2.20. The second-order valence-corrected chi connectivity index (χ2v) is 5.90. The lowest BCUT2D eigenvalue weighted by Crippen LogP contribution is -2.21. The number of hydrogen-bond donors (Lipinski definition) is 2. The van der Waals surface area contributed by atoms with E-state index in [0.29, 0.717) is 17.4 Å². The molecule has 5 heteroatoms. The van der Waals surface area contributed by atoms with E-state index in [1.165, 1.54) is 12.1 Å². The van der Waals surface area contributed by atoms with Gasteiger partial charge in [0.05, 0.1) is 5.56 Å². The summed E-state index contributed by atoms with van der Waals surface area (Å²) in [4.78, 5) is 23.1. The van der Waals surface area contributed by atoms with Crippen LogP contribution >= 0.6 is 0 Å². The van der Waals surface area contributed by atoms with Gasteiger partial charge in [-0.05, 0) is 48.2 Å². The number of carboxylic acids is 1. The van der Waals surface area contributed by atoms with Crippen LogP contribution in [0.3, 0.4) is 0 Å². The number of carboxylic acid groups (broad SMARTS) is 1. The highest BCUT2D eigenvalue weighted by molar-refractivity contribution is 5.95. The maximum Gasteiger partial charge on any atom is 0.335 e. The third kappa shape index (κ3) is 4.59. The van der Waals surface area contributed by atoms with Gasteiger partial charge in [-0.1, -0.05) is 32.0 Å². The van der Waals surface area contributed by atoms with E-state index in [1.54, 1.807) is 19.1 Å². The molecule has 0 saturated heterocycles. The van der Waals surface area contributed by atoms with Crippen LogP contribution in [-0.2, 0) is 4.79 Å². The van der Waals surface area contributed by atoms with Crippen molar-refractivity contribution in [2.24, 2.45) is 0 Å². The summed E-state index contributed by atoms with van der Waals surface area (Å²) in [6.07, 6.45) is 0. The van der Waals surface area contributed by atoms with Crippen LogP contribution in [-0.4, -0.2) is 23.6 Å². The minimum absolute atomic E-state index is 0.126. The minimum Gasteiger partial charge on any atom is -0.484 e. The first-order valence-corrected chi connectivity index (χ1v) is 7.73. The lowest BCUT2D eigenvalue weighted by molar-refractivity contribution is -0.118. The summed E-state index contributed by atoms with van der Waals surface area (Å²) >= 11 is 0. The van der Waals surface area contributed by atoms with Crippen molar-refractivity contribution in [1.29, 1.82) is 0 Å². The smallest absolute Gasteiger partial charge is 0.335 e. The summed E-state index contributed by atoms with van der Waals surface area (Å²) in [7, 11) is 0. The molecule has 0 aromatic heterocycles. The predicted octanol–water partition coefficient (Wildman–Crippen LogP) is 3.83. The number of hydrogen-bond acceptors (Lipinski definition) is 3. The largest absolute Gasteiger partial charge is 0.484 e. The summed E-state index contributed by atoms with van der Waals surface area (Å²) < 4.78 is 5.52. The molecule has 5 nitrogen and oxygen atoms in total. The van der Waals surface area contributed by atoms with Crippen molar-refractivity contribution < 1.29 is 19.4 Å². The molecule has 0 spiro atoms. The van der Waals surface area contributed by atoms with E-state index in [-0.39, 0.29) is 18.1 Å². The number of amides is 1. The van der Waals surface area contributed by atoms with E-state index in [4.69, 9.17) is 9.84 Å². The Hall–Kier alpha value is -2.82. The molecule has 0 bridgehead atoms. The molecule has 0 saturated carbocycles. The maximum absolute atomic E-state index is 12.1. The van der Waals surface area contributed by atoms with Crippen molar-refractivity contribution in [3.63, 3.8) is 0 Å². The summed E-state index contributed by atoms with van der Waals surface area (Å²) in [6, 6.07) is 12.2. The Morgan fingerprint density at radius 2 is 1.92 bits per heavy atom. The van der Waals surface area contributed by atoms with Gasteiger partial charge in [0.25, 0.3) is 5.91 Å². The molecule has 2 aromatic rings. The fraction of sp³-hybridized carbons (Fsp3) is 0.263. The van der Waals surface area contributed by atoms with E-state index in [2.05, 4.69) is 19.2 Å². The Bertz CT molecular complexity index is 753. The van der Waals surface area contributed by atoms with Gasteiger partial charge in [-0.3, -0.25) is 4.79 Å². The number of carbonyl (C=O) groups excluding carboxylic acids is 1. The van der Waals surface area contributed by atoms with Gasteiger partial charge in [-0.15, -0.1) is 0 Å². The van der Waals surface area contributed by atoms with Crippen molar-refractivity contribution in [2.45, 2.75) is 26.7 Å². The van der Waals surface area contributed by atoms with Crippen molar-refractivity contribution >= 4 is 17.6 Å². The van der Waals surface area contributed by atoms with E-state index >= 15 is 0 Å². The second kappa shape index (κ2) is 7.64. The van der Waals surface area contributed by atoms with Crippen molar-refractivity contribution in [1.82, 2.24) is 0 Å². The Labute approximate surface area is 141 Å². The molecule has 2 N–H and O–H groups in total. The van der Waals surface area contributed by atoms with Crippen LogP contribution in [0.5, 0.6) is 5.75 Å². The standard InChI is InChI=1S/C19H21NO4/c1-12(2)14-5-4-6-16(9-14)24-11-18(21)20-17-10-15(19(22)23)8-7-13(17)3/h4-10,12H,11H2,1-3H3,(H,20,21)(H,22,23). The van der Waals surface area contributed by atoms with Gasteiger partial charge in [0.2, 0.25) is 0 Å². The van der Waals surface area contributed by atoms with Gasteiger partial charge >= 0.3 is 5.97 Å². The summed E-state index contributed by atoms with van der Waals surface area (Å²) in [5.41, 5.74) is 2.52. The number of ether oxygens (including phenoxy) is 1. The number of aryl methyl sites for hydroxylation is 1. The van der Waals surface area contributed by atoms with E-state index in [0.717, 1.165) is 11.1 Å². The molecule has 126 valence electrons. The number of rotatable bonds is 6. The Morgan fingerprint density at radius 3 is 2.58 bits per heavy atom. The Kier molecular flexibility index (Phi) is 5.58. The monoisotopic (exact) mass is 327 g/mol. The number of benzene rings is 2. The highest BCUT2D eigenvalue weighted by atomic mass is 16.5. The number of carbonyl (C=O) groups is 2. The van der Waals surface area contributed by atoms with Crippen LogP contribution < -0.4 is 10.1 Å². The molecule has 1 amide bonds. The van der Waals surface area contributed by atoms with Gasteiger partial charge in [-0.25, -0.2) is 4.79 Å². The zero-order valence-electron chi connectivity index (χ0n) is 14.0. The van der Waals surface area contributed by atoms with Gasteiger partial charge < -0.3 is 15.2 Å². The predicted molar refractivity (Wildman–Crippen MR) is 92.8 cm³/mol. The molecule has 24 heavy (non-hydrogen) atoms. The molecule has 0 aliphatic rings. The number of aromatic carboxylic acids is 1. The fourth-order valence-corrected chi connectivity index (χ4v) is 2.19. The third-order valence-electron chi connectivity index (χ3n) is 3.65. The summed E-state index contributed by atoms with van der Waals surface area (Å²) in [5.74, 6) is -0.362. The summed E-state index contributed by atoms with van der Waals surface area (Å²) in [5, 5.41) is 11.7. The molecule has 0 aliphatic heterocycles. The first-order chi connectivity index (χ1) is 11.4. The van der Waals surface area contributed by atoms with Crippen molar-refractivity contribution in [3.8, 4) is 5.75 Å². The van der Waals surface area contributed by atoms with Gasteiger partial charge in [-0.2, -0.15) is 0 Å². The van der Waals surface area contributed by atoms with Gasteiger partial charge in [0.15, 0.2) is 6.61 Å². The van der Waals surface area contributed by atoms with Gasteiger partial charge in [0, 0.05) is 5.69 Å². The summed E-state index contributed by atoms with van der Waals surface area (Å²) in [6.45, 7) is 5.83. The third-order valence-corrected chi connectivity index (χ3v) is 3.65. The fourth-order valence-electron chi connectivity index (χ4n) is 2.19. The average Bonchev–Trinajstić information content (AvgIpc) is 2.55. The highest BCUT2D eigenvalue weighted by Gasteiger charge is 2.10. The number of anilines is 1. The molecule has 0 fully saturated rings. The van der Waals surface area contributed by atoms with Crippen molar-refractivity contribution in [2.75, 3.05) is 11.9 Å². The molecule has 0 aliphatic carbocycles. The molecule has 0 heterocycles. The lowest BCUT2D eigenvalue weighted by atomic mass is 10.0. The molecule has 2 aromatic carbocycles. The quantitative estimate of drug-likeness (QED) is 0.845. The molecule has 0 atom stereocenters. The van der Waals surface area contributed by atoms with Crippen LogP contribution in [0.2, 0.25) is 0 Å². The Morgan fingerprint density at radius 1 is 1.17 bits per heavy atom. The molecule has 2 rings (SSSR count).